The second kappa shape index (κ2) is 8.74. The van der Waals surface area contributed by atoms with Gasteiger partial charge in [-0.05, 0) is 38.5 Å². The van der Waals surface area contributed by atoms with E-state index in [4.69, 9.17) is 26.2 Å². The van der Waals surface area contributed by atoms with Crippen LogP contribution in [0.5, 0.6) is 0 Å². The van der Waals surface area contributed by atoms with Gasteiger partial charge in [0.1, 0.15) is 11.6 Å². The fraction of sp³-hybridized carbons (Fsp3) is 0.500. The molecular formula is C16H22ClNO5. The number of carbonyl (C=O) groups is 2. The maximum Gasteiger partial charge on any atom is 0.408 e. The van der Waals surface area contributed by atoms with Crippen molar-refractivity contribution < 1.29 is 24.2 Å². The number of nitrogens with one attached hydrogen (secondary N) is 1. The second-order valence-electron chi connectivity index (χ2n) is 6.00. The van der Waals surface area contributed by atoms with Gasteiger partial charge in [-0.1, -0.05) is 23.7 Å². The number of alkyl carbamates (subject to hydrolysis) is 1. The molecule has 0 aliphatic carbocycles. The van der Waals surface area contributed by atoms with Crippen LogP contribution in [0.15, 0.2) is 24.3 Å². The number of hydrogen-bond donors (Lipinski definition) is 2. The van der Waals surface area contributed by atoms with E-state index in [9.17, 15) is 9.59 Å². The molecule has 1 aromatic rings. The van der Waals surface area contributed by atoms with Crippen LogP contribution < -0.4 is 5.32 Å². The third-order valence-corrected chi connectivity index (χ3v) is 2.97. The lowest BCUT2D eigenvalue weighted by Gasteiger charge is -2.22. The number of amides is 1. The van der Waals surface area contributed by atoms with E-state index < -0.39 is 23.7 Å². The van der Waals surface area contributed by atoms with E-state index in [0.29, 0.717) is 11.6 Å². The molecular weight excluding hydrogens is 322 g/mol. The lowest BCUT2D eigenvalue weighted by Crippen LogP contribution is -2.44. The van der Waals surface area contributed by atoms with Crippen LogP contribution in [0.25, 0.3) is 0 Å². The zero-order chi connectivity index (χ0) is 17.5. The van der Waals surface area contributed by atoms with Crippen molar-refractivity contribution in [2.24, 2.45) is 0 Å². The average Bonchev–Trinajstić information content (AvgIpc) is 2.42. The normalized spacial score (nSPS) is 12.5. The summed E-state index contributed by atoms with van der Waals surface area (Å²) in [5.74, 6) is -1.13. The second-order valence-corrected chi connectivity index (χ2v) is 6.44. The van der Waals surface area contributed by atoms with Crippen molar-refractivity contribution in [1.82, 2.24) is 5.32 Å². The molecule has 2 N–H and O–H groups in total. The number of carbonyl (C=O) groups excluding carboxylic acids is 1. The number of rotatable bonds is 7. The molecule has 0 heterocycles. The number of halogens is 1. The van der Waals surface area contributed by atoms with Gasteiger partial charge in [-0.2, -0.15) is 0 Å². The fourth-order valence-electron chi connectivity index (χ4n) is 1.68. The van der Waals surface area contributed by atoms with Crippen LogP contribution in [0, 0.1) is 0 Å². The summed E-state index contributed by atoms with van der Waals surface area (Å²) in [6.45, 7) is 5.65. The number of carboxylic acid groups (broad SMARTS) is 1. The molecule has 128 valence electrons. The van der Waals surface area contributed by atoms with Gasteiger partial charge in [-0.3, -0.25) is 0 Å². The molecule has 1 rings (SSSR count). The number of ether oxygens (including phenoxy) is 2. The zero-order valence-electron chi connectivity index (χ0n) is 13.5. The first-order chi connectivity index (χ1) is 10.7. The molecule has 6 nitrogen and oxygen atoms in total. The molecule has 1 atom stereocenters. The Kier molecular flexibility index (Phi) is 7.32. The predicted molar refractivity (Wildman–Crippen MR) is 86.5 cm³/mol. The Morgan fingerprint density at radius 2 is 1.87 bits per heavy atom. The molecule has 0 radical (unpaired) electrons. The Morgan fingerprint density at radius 1 is 1.26 bits per heavy atom. The molecule has 0 saturated carbocycles. The van der Waals surface area contributed by atoms with Crippen molar-refractivity contribution in [1.29, 1.82) is 0 Å². The van der Waals surface area contributed by atoms with Crippen molar-refractivity contribution in [3.63, 3.8) is 0 Å². The highest BCUT2D eigenvalue weighted by Gasteiger charge is 2.23. The van der Waals surface area contributed by atoms with E-state index in [0.717, 1.165) is 5.56 Å². The molecule has 1 aromatic carbocycles. The van der Waals surface area contributed by atoms with Crippen LogP contribution in [0.4, 0.5) is 4.79 Å². The number of benzene rings is 1. The third-order valence-electron chi connectivity index (χ3n) is 2.72. The van der Waals surface area contributed by atoms with E-state index in [1.54, 1.807) is 32.9 Å². The smallest absolute Gasteiger partial charge is 0.408 e. The van der Waals surface area contributed by atoms with Crippen LogP contribution in [-0.4, -0.2) is 35.4 Å². The summed E-state index contributed by atoms with van der Waals surface area (Å²) in [5.41, 5.74) is 0.250. The molecule has 0 bridgehead atoms. The molecule has 1 unspecified atom stereocenters. The molecule has 0 aromatic heterocycles. The van der Waals surface area contributed by atoms with Crippen molar-refractivity contribution in [3.8, 4) is 0 Å². The molecule has 1 amide bonds. The van der Waals surface area contributed by atoms with Gasteiger partial charge in [-0.15, -0.1) is 0 Å². The van der Waals surface area contributed by atoms with Gasteiger partial charge in [0.15, 0.2) is 0 Å². The monoisotopic (exact) mass is 343 g/mol. The lowest BCUT2D eigenvalue weighted by molar-refractivity contribution is -0.140. The Bertz CT molecular complexity index is 524. The van der Waals surface area contributed by atoms with Crippen molar-refractivity contribution in [2.45, 2.75) is 45.4 Å². The Hall–Kier alpha value is -1.79. The molecule has 23 heavy (non-hydrogen) atoms. The van der Waals surface area contributed by atoms with Crippen LogP contribution >= 0.6 is 11.6 Å². The molecule has 0 saturated heterocycles. The lowest BCUT2D eigenvalue weighted by atomic mass is 10.2. The van der Waals surface area contributed by atoms with Gasteiger partial charge in [0.05, 0.1) is 6.61 Å². The third kappa shape index (κ3) is 8.42. The zero-order valence-corrected chi connectivity index (χ0v) is 14.2. The molecule has 0 fully saturated rings. The Morgan fingerprint density at radius 3 is 2.39 bits per heavy atom. The standard InChI is InChI=1S/C16H22ClNO5/c1-16(2,3)23-15(21)18-13(14(19)20)8-9-22-10-11-4-6-12(17)7-5-11/h4-7,13H,8-10H2,1-3H3,(H,18,21)(H,19,20). The van der Waals surface area contributed by atoms with Gasteiger partial charge in [0.2, 0.25) is 0 Å². The summed E-state index contributed by atoms with van der Waals surface area (Å²) in [6.07, 6.45) is -0.620. The van der Waals surface area contributed by atoms with Crippen LogP contribution in [-0.2, 0) is 20.9 Å². The van der Waals surface area contributed by atoms with Crippen molar-refractivity contribution >= 4 is 23.7 Å². The van der Waals surface area contributed by atoms with Gasteiger partial charge in [0, 0.05) is 18.1 Å². The minimum absolute atomic E-state index is 0.141. The van der Waals surface area contributed by atoms with E-state index >= 15 is 0 Å². The van der Waals surface area contributed by atoms with E-state index in [1.165, 1.54) is 0 Å². The van der Waals surface area contributed by atoms with E-state index in [1.807, 2.05) is 12.1 Å². The summed E-state index contributed by atoms with van der Waals surface area (Å²) >= 11 is 5.79. The van der Waals surface area contributed by atoms with Crippen LogP contribution in [0.2, 0.25) is 5.02 Å². The largest absolute Gasteiger partial charge is 0.480 e. The number of carboxylic acids is 1. The first kappa shape index (κ1) is 19.3. The van der Waals surface area contributed by atoms with Gasteiger partial charge in [0.25, 0.3) is 0 Å². The molecule has 0 spiro atoms. The van der Waals surface area contributed by atoms with E-state index in [2.05, 4.69) is 5.32 Å². The van der Waals surface area contributed by atoms with Crippen molar-refractivity contribution in [3.05, 3.63) is 34.9 Å². The topological polar surface area (TPSA) is 84.9 Å². The Labute approximate surface area is 140 Å². The minimum atomic E-state index is -1.13. The first-order valence-electron chi connectivity index (χ1n) is 7.22. The fourth-order valence-corrected chi connectivity index (χ4v) is 1.81. The molecule has 0 aliphatic heterocycles. The van der Waals surface area contributed by atoms with Gasteiger partial charge >= 0.3 is 12.1 Å². The van der Waals surface area contributed by atoms with Gasteiger partial charge < -0.3 is 19.9 Å². The number of aliphatic carboxylic acids is 1. The quantitative estimate of drug-likeness (QED) is 0.742. The Balaban J connectivity index is 2.37. The van der Waals surface area contributed by atoms with E-state index in [-0.39, 0.29) is 13.0 Å². The average molecular weight is 344 g/mol. The predicted octanol–water partition coefficient (Wildman–Crippen LogP) is 3.22. The highest BCUT2D eigenvalue weighted by atomic mass is 35.5. The van der Waals surface area contributed by atoms with Crippen molar-refractivity contribution in [2.75, 3.05) is 6.61 Å². The van der Waals surface area contributed by atoms with Crippen LogP contribution in [0.3, 0.4) is 0 Å². The number of hydrogen-bond acceptors (Lipinski definition) is 4. The highest BCUT2D eigenvalue weighted by Crippen LogP contribution is 2.11. The maximum atomic E-state index is 11.6. The van der Waals surface area contributed by atoms with Gasteiger partial charge in [-0.25, -0.2) is 9.59 Å². The summed E-state index contributed by atoms with van der Waals surface area (Å²) in [7, 11) is 0. The summed E-state index contributed by atoms with van der Waals surface area (Å²) in [5, 5.41) is 12.1. The summed E-state index contributed by atoms with van der Waals surface area (Å²) < 4.78 is 10.5. The first-order valence-corrected chi connectivity index (χ1v) is 7.59. The molecule has 7 heteroatoms. The molecule has 0 aliphatic rings. The minimum Gasteiger partial charge on any atom is -0.480 e. The summed E-state index contributed by atoms with van der Waals surface area (Å²) in [4.78, 5) is 22.8. The highest BCUT2D eigenvalue weighted by molar-refractivity contribution is 6.30. The summed E-state index contributed by atoms with van der Waals surface area (Å²) in [6, 6.07) is 6.11. The SMILES string of the molecule is CC(C)(C)OC(=O)NC(CCOCc1ccc(Cl)cc1)C(=O)O. The van der Waals surface area contributed by atoms with Crippen LogP contribution in [0.1, 0.15) is 32.8 Å². The maximum absolute atomic E-state index is 11.6.